The van der Waals surface area contributed by atoms with Gasteiger partial charge in [-0.1, -0.05) is 12.1 Å². The van der Waals surface area contributed by atoms with Gasteiger partial charge in [0.1, 0.15) is 5.82 Å². The van der Waals surface area contributed by atoms with Gasteiger partial charge in [0.05, 0.1) is 6.54 Å². The molecule has 0 unspecified atom stereocenters. The van der Waals surface area contributed by atoms with Crippen molar-refractivity contribution in [3.05, 3.63) is 47.2 Å². The largest absolute Gasteiger partial charge is 0.370 e. The van der Waals surface area contributed by atoms with Gasteiger partial charge in [0.2, 0.25) is 0 Å². The van der Waals surface area contributed by atoms with Crippen molar-refractivity contribution in [2.75, 3.05) is 31.1 Å². The van der Waals surface area contributed by atoms with Crippen molar-refractivity contribution in [2.45, 2.75) is 6.54 Å². The fraction of sp³-hybridized carbons (Fsp3) is 0.333. The van der Waals surface area contributed by atoms with E-state index in [-0.39, 0.29) is 5.82 Å². The van der Waals surface area contributed by atoms with E-state index in [4.69, 9.17) is 5.73 Å². The highest BCUT2D eigenvalue weighted by molar-refractivity contribution is 7.13. The zero-order valence-corrected chi connectivity index (χ0v) is 13.0. The fourth-order valence-electron chi connectivity index (χ4n) is 2.41. The maximum atomic E-state index is 13.1. The van der Waals surface area contributed by atoms with Crippen LogP contribution in [0, 0.1) is 5.82 Å². The SMILES string of the molecule is NC(=NCc1cccc(F)c1)N1CCN(c2nccs2)CC1. The molecule has 2 aromatic rings. The minimum atomic E-state index is -0.247. The molecule has 7 heteroatoms. The number of aliphatic imine (C=N–C) groups is 1. The topological polar surface area (TPSA) is 57.8 Å². The molecule has 0 aliphatic carbocycles. The number of benzene rings is 1. The van der Waals surface area contributed by atoms with Gasteiger partial charge in [-0.25, -0.2) is 14.4 Å². The minimum Gasteiger partial charge on any atom is -0.370 e. The van der Waals surface area contributed by atoms with E-state index in [1.807, 2.05) is 17.6 Å². The lowest BCUT2D eigenvalue weighted by Gasteiger charge is -2.35. The molecule has 3 rings (SSSR count). The second-order valence-electron chi connectivity index (χ2n) is 5.09. The third kappa shape index (κ3) is 3.54. The quantitative estimate of drug-likeness (QED) is 0.694. The van der Waals surface area contributed by atoms with Crippen LogP contribution in [-0.2, 0) is 6.54 Å². The third-order valence-corrected chi connectivity index (χ3v) is 4.44. The number of anilines is 1. The van der Waals surface area contributed by atoms with Crippen LogP contribution in [0.2, 0.25) is 0 Å². The molecule has 0 bridgehead atoms. The summed E-state index contributed by atoms with van der Waals surface area (Å²) >= 11 is 1.65. The molecule has 2 heterocycles. The highest BCUT2D eigenvalue weighted by atomic mass is 32.1. The van der Waals surface area contributed by atoms with E-state index in [2.05, 4.69) is 19.8 Å². The summed E-state index contributed by atoms with van der Waals surface area (Å²) < 4.78 is 13.1. The molecular formula is C15H18FN5S. The number of aromatic nitrogens is 1. The number of thiazole rings is 1. The molecule has 116 valence electrons. The molecule has 1 aromatic carbocycles. The number of nitrogens with zero attached hydrogens (tertiary/aromatic N) is 4. The Hall–Kier alpha value is -2.15. The smallest absolute Gasteiger partial charge is 0.191 e. The Bertz CT molecular complexity index is 635. The van der Waals surface area contributed by atoms with Crippen LogP contribution >= 0.6 is 11.3 Å². The Balaban J connectivity index is 1.55. The van der Waals surface area contributed by atoms with Crippen LogP contribution in [-0.4, -0.2) is 42.0 Å². The molecule has 0 atom stereocenters. The highest BCUT2D eigenvalue weighted by Crippen LogP contribution is 2.18. The molecule has 22 heavy (non-hydrogen) atoms. The number of rotatable bonds is 3. The first-order valence-corrected chi connectivity index (χ1v) is 8.04. The van der Waals surface area contributed by atoms with Crippen molar-refractivity contribution in [3.8, 4) is 0 Å². The summed E-state index contributed by atoms with van der Waals surface area (Å²) in [6.07, 6.45) is 1.82. The number of hydrogen-bond acceptors (Lipinski definition) is 4. The van der Waals surface area contributed by atoms with E-state index in [1.54, 1.807) is 17.4 Å². The Morgan fingerprint density at radius 1 is 1.32 bits per heavy atom. The summed E-state index contributed by atoms with van der Waals surface area (Å²) in [6.45, 7) is 3.79. The second kappa shape index (κ2) is 6.74. The molecule has 0 amide bonds. The summed E-state index contributed by atoms with van der Waals surface area (Å²) in [6, 6.07) is 6.44. The normalized spacial score (nSPS) is 16.1. The summed E-state index contributed by atoms with van der Waals surface area (Å²) in [7, 11) is 0. The van der Waals surface area contributed by atoms with Crippen molar-refractivity contribution in [3.63, 3.8) is 0 Å². The summed E-state index contributed by atoms with van der Waals surface area (Å²) in [5.41, 5.74) is 6.87. The number of guanidine groups is 1. The predicted molar refractivity (Wildman–Crippen MR) is 87.6 cm³/mol. The highest BCUT2D eigenvalue weighted by Gasteiger charge is 2.19. The molecular weight excluding hydrogens is 301 g/mol. The molecule has 2 N–H and O–H groups in total. The summed E-state index contributed by atoms with van der Waals surface area (Å²) in [5.74, 6) is 0.270. The van der Waals surface area contributed by atoms with E-state index >= 15 is 0 Å². The first kappa shape index (κ1) is 14.8. The lowest BCUT2D eigenvalue weighted by atomic mass is 10.2. The van der Waals surface area contributed by atoms with Crippen LogP contribution in [0.5, 0.6) is 0 Å². The zero-order chi connectivity index (χ0) is 15.4. The van der Waals surface area contributed by atoms with Crippen molar-refractivity contribution in [2.24, 2.45) is 10.7 Å². The Morgan fingerprint density at radius 2 is 2.14 bits per heavy atom. The van der Waals surface area contributed by atoms with E-state index in [9.17, 15) is 4.39 Å². The minimum absolute atomic E-state index is 0.247. The average molecular weight is 319 g/mol. The zero-order valence-electron chi connectivity index (χ0n) is 12.2. The molecule has 1 aliphatic heterocycles. The van der Waals surface area contributed by atoms with Gasteiger partial charge in [-0.3, -0.25) is 0 Å². The van der Waals surface area contributed by atoms with Crippen molar-refractivity contribution < 1.29 is 4.39 Å². The third-order valence-electron chi connectivity index (χ3n) is 3.61. The number of hydrogen-bond donors (Lipinski definition) is 1. The van der Waals surface area contributed by atoms with E-state index in [1.165, 1.54) is 12.1 Å². The maximum Gasteiger partial charge on any atom is 0.191 e. The van der Waals surface area contributed by atoms with Crippen LogP contribution in [0.1, 0.15) is 5.56 Å². The van der Waals surface area contributed by atoms with Gasteiger partial charge in [-0.2, -0.15) is 0 Å². The number of nitrogens with two attached hydrogens (primary N) is 1. The van der Waals surface area contributed by atoms with Crippen LogP contribution in [0.3, 0.4) is 0 Å². The Kier molecular flexibility index (Phi) is 4.53. The molecule has 1 fully saturated rings. The molecule has 0 saturated carbocycles. The Morgan fingerprint density at radius 3 is 2.82 bits per heavy atom. The fourth-order valence-corrected chi connectivity index (χ4v) is 3.10. The first-order valence-electron chi connectivity index (χ1n) is 7.16. The van der Waals surface area contributed by atoms with Gasteiger partial charge < -0.3 is 15.5 Å². The average Bonchev–Trinajstić information content (AvgIpc) is 3.07. The van der Waals surface area contributed by atoms with Crippen LogP contribution in [0.25, 0.3) is 0 Å². The molecule has 0 radical (unpaired) electrons. The molecule has 1 aliphatic rings. The lowest BCUT2D eigenvalue weighted by Crippen LogP contribution is -2.51. The molecule has 0 spiro atoms. The van der Waals surface area contributed by atoms with Crippen LogP contribution in [0.15, 0.2) is 40.8 Å². The van der Waals surface area contributed by atoms with E-state index in [0.717, 1.165) is 36.9 Å². The van der Waals surface area contributed by atoms with Crippen LogP contribution in [0.4, 0.5) is 9.52 Å². The predicted octanol–water partition coefficient (Wildman–Crippen LogP) is 1.92. The van der Waals surface area contributed by atoms with Gasteiger partial charge in [0, 0.05) is 37.8 Å². The van der Waals surface area contributed by atoms with Gasteiger partial charge in [-0.15, -0.1) is 11.3 Å². The van der Waals surface area contributed by atoms with Gasteiger partial charge in [-0.05, 0) is 17.7 Å². The van der Waals surface area contributed by atoms with Crippen molar-refractivity contribution in [1.82, 2.24) is 9.88 Å². The maximum absolute atomic E-state index is 13.1. The first-order chi connectivity index (χ1) is 10.7. The lowest BCUT2D eigenvalue weighted by molar-refractivity contribution is 0.380. The monoisotopic (exact) mass is 319 g/mol. The summed E-state index contributed by atoms with van der Waals surface area (Å²) in [4.78, 5) is 13.0. The van der Waals surface area contributed by atoms with Gasteiger partial charge >= 0.3 is 0 Å². The van der Waals surface area contributed by atoms with E-state index < -0.39 is 0 Å². The standard InChI is InChI=1S/C15H18FN5S/c16-13-3-1-2-12(10-13)11-19-14(17)20-5-7-21(8-6-20)15-18-4-9-22-15/h1-4,9-10H,5-8,11H2,(H2,17,19). The van der Waals surface area contributed by atoms with Crippen molar-refractivity contribution >= 4 is 22.4 Å². The summed E-state index contributed by atoms with van der Waals surface area (Å²) in [5, 5.41) is 3.03. The van der Waals surface area contributed by atoms with Crippen molar-refractivity contribution in [1.29, 1.82) is 0 Å². The second-order valence-corrected chi connectivity index (χ2v) is 5.97. The molecule has 5 nitrogen and oxygen atoms in total. The molecule has 1 aromatic heterocycles. The number of halogens is 1. The van der Waals surface area contributed by atoms with Gasteiger partial charge in [0.25, 0.3) is 0 Å². The van der Waals surface area contributed by atoms with Gasteiger partial charge in [0.15, 0.2) is 11.1 Å². The Labute approximate surface area is 132 Å². The molecule has 1 saturated heterocycles. The van der Waals surface area contributed by atoms with Crippen LogP contribution < -0.4 is 10.6 Å². The number of piperazine rings is 1. The van der Waals surface area contributed by atoms with E-state index in [0.29, 0.717) is 12.5 Å².